The van der Waals surface area contributed by atoms with E-state index in [1.165, 1.54) is 7.05 Å². The van der Waals surface area contributed by atoms with Crippen molar-refractivity contribution in [3.8, 4) is 22.5 Å². The van der Waals surface area contributed by atoms with Gasteiger partial charge < -0.3 is 24.4 Å². The molecule has 0 spiro atoms. The monoisotopic (exact) mass is 636 g/mol. The lowest BCUT2D eigenvalue weighted by atomic mass is 9.90. The number of hydrogen-bond donors (Lipinski definition) is 1. The summed E-state index contributed by atoms with van der Waals surface area (Å²) in [6.07, 6.45) is 3.24. The minimum atomic E-state index is -1.26. The van der Waals surface area contributed by atoms with Gasteiger partial charge in [0.1, 0.15) is 11.3 Å². The van der Waals surface area contributed by atoms with Crippen LogP contribution in [0.2, 0.25) is 0 Å². The van der Waals surface area contributed by atoms with Crippen molar-refractivity contribution in [3.63, 3.8) is 0 Å². The first kappa shape index (κ1) is 31.7. The molecule has 0 atom stereocenters. The summed E-state index contributed by atoms with van der Waals surface area (Å²) in [5, 5.41) is 16.4. The van der Waals surface area contributed by atoms with E-state index in [2.05, 4.69) is 24.0 Å². The van der Waals surface area contributed by atoms with Crippen LogP contribution in [0, 0.1) is 0 Å². The van der Waals surface area contributed by atoms with Crippen LogP contribution in [-0.2, 0) is 11.3 Å². The summed E-state index contributed by atoms with van der Waals surface area (Å²) in [7, 11) is 1.52. The zero-order chi connectivity index (χ0) is 33.5. The van der Waals surface area contributed by atoms with Gasteiger partial charge in [0, 0.05) is 52.4 Å². The van der Waals surface area contributed by atoms with E-state index in [1.807, 2.05) is 106 Å². The lowest BCUT2D eigenvalue weighted by Crippen LogP contribution is -2.24. The van der Waals surface area contributed by atoms with Gasteiger partial charge in [-0.25, -0.2) is 4.79 Å². The van der Waals surface area contributed by atoms with E-state index in [-0.39, 0.29) is 12.2 Å². The number of benzene rings is 5. The Bertz CT molecular complexity index is 2190. The van der Waals surface area contributed by atoms with Crippen LogP contribution >= 0.6 is 0 Å². The smallest absolute Gasteiger partial charge is 0.407 e. The molecular formula is C40H34N3O5+. The number of nitrogens with zero attached hydrogens (tertiary/aromatic N) is 2. The molecule has 0 bridgehead atoms. The van der Waals surface area contributed by atoms with E-state index >= 15 is 0 Å². The molecule has 0 saturated heterocycles. The molecule has 1 heterocycles. The van der Waals surface area contributed by atoms with E-state index in [0.29, 0.717) is 30.0 Å². The lowest BCUT2D eigenvalue weighted by molar-refractivity contribution is -0.438. The van der Waals surface area contributed by atoms with Crippen LogP contribution in [0.25, 0.3) is 33.4 Å². The lowest BCUT2D eigenvalue weighted by Gasteiger charge is -2.18. The molecule has 1 aliphatic heterocycles. The maximum absolute atomic E-state index is 12.3. The highest BCUT2D eigenvalue weighted by Gasteiger charge is 2.22. The van der Waals surface area contributed by atoms with Crippen molar-refractivity contribution in [1.29, 1.82) is 0 Å². The highest BCUT2D eigenvalue weighted by molar-refractivity contribution is 6.07. The second-order valence-corrected chi connectivity index (χ2v) is 11.1. The fraction of sp³-hybridized carbons (Fsp3) is 0.100. The summed E-state index contributed by atoms with van der Waals surface area (Å²) in [6.45, 7) is 5.17. The predicted molar refractivity (Wildman–Crippen MR) is 185 cm³/mol. The molecule has 0 saturated carbocycles. The third-order valence-electron chi connectivity index (χ3n) is 8.06. The van der Waals surface area contributed by atoms with Crippen molar-refractivity contribution in [1.82, 2.24) is 9.89 Å². The Balaban J connectivity index is 1.57. The molecule has 1 amide bonds. The van der Waals surface area contributed by atoms with Gasteiger partial charge in [0.05, 0.1) is 18.1 Å². The average Bonchev–Trinajstić information content (AvgIpc) is 3.12. The summed E-state index contributed by atoms with van der Waals surface area (Å²) in [5.41, 5.74) is 5.51. The SMILES string of the molecule is C=C[N+](Cc1ccccc1)=c1ccc2c(-c3ccccc3C(=O)[O-])c3ccc([N+](=Cc4ccccc4)CCOC(=O)NC)cc3oc-2c1. The molecule has 4 aromatic carbocycles. The Morgan fingerprint density at radius 2 is 1.60 bits per heavy atom. The minimum absolute atomic E-state index is 0.0848. The van der Waals surface area contributed by atoms with E-state index in [9.17, 15) is 14.7 Å². The highest BCUT2D eigenvalue weighted by atomic mass is 16.5. The molecule has 2 aliphatic rings. The minimum Gasteiger partial charge on any atom is -0.545 e. The standard InChI is InChI=1S/C40H33N3O5/c1-3-42(26-28-12-6-4-7-13-28)30-18-20-34-36(24-30)48-37-25-31(19-21-35(37)38(34)32-16-10-11-17-33(32)39(44)45)43(22-23-47-40(46)41-2)27-29-14-8-5-9-15-29/h3-21,24-25,27H,1,22-23,26H2,2H3/p+1. The normalized spacial score (nSPS) is 12.1. The molecule has 48 heavy (non-hydrogen) atoms. The van der Waals surface area contributed by atoms with Crippen LogP contribution in [0.15, 0.2) is 139 Å². The molecule has 238 valence electrons. The summed E-state index contributed by atoms with van der Waals surface area (Å²) in [4.78, 5) is 24.1. The first-order chi connectivity index (χ1) is 23.4. The summed E-state index contributed by atoms with van der Waals surface area (Å²) >= 11 is 0. The summed E-state index contributed by atoms with van der Waals surface area (Å²) in [6, 6.07) is 38.5. The first-order valence-corrected chi connectivity index (χ1v) is 15.5. The zero-order valence-corrected chi connectivity index (χ0v) is 26.5. The molecule has 0 fully saturated rings. The number of carboxylic acids is 1. The van der Waals surface area contributed by atoms with Gasteiger partial charge in [-0.15, -0.1) is 0 Å². The Morgan fingerprint density at radius 1 is 0.875 bits per heavy atom. The number of amides is 1. The number of carboxylic acid groups (broad SMARTS) is 1. The van der Waals surface area contributed by atoms with Crippen LogP contribution in [0.5, 0.6) is 0 Å². The van der Waals surface area contributed by atoms with Gasteiger partial charge in [0.2, 0.25) is 11.0 Å². The van der Waals surface area contributed by atoms with Crippen molar-refractivity contribution < 1.29 is 28.4 Å². The van der Waals surface area contributed by atoms with E-state index in [1.54, 1.807) is 24.4 Å². The third kappa shape index (κ3) is 6.93. The first-order valence-electron chi connectivity index (χ1n) is 15.5. The van der Waals surface area contributed by atoms with Crippen LogP contribution in [0.4, 0.5) is 10.5 Å². The quantitative estimate of drug-likeness (QED) is 0.116. The van der Waals surface area contributed by atoms with Crippen molar-refractivity contribution in [2.45, 2.75) is 6.54 Å². The van der Waals surface area contributed by atoms with Crippen molar-refractivity contribution in [3.05, 3.63) is 156 Å². The second-order valence-electron chi connectivity index (χ2n) is 11.1. The fourth-order valence-electron chi connectivity index (χ4n) is 5.73. The molecule has 0 radical (unpaired) electrons. The van der Waals surface area contributed by atoms with Gasteiger partial charge in [-0.3, -0.25) is 0 Å². The molecular weight excluding hydrogens is 602 g/mol. The van der Waals surface area contributed by atoms with Crippen LogP contribution in [0.3, 0.4) is 0 Å². The Kier molecular flexibility index (Phi) is 9.53. The molecule has 1 N–H and O–H groups in total. The fourth-order valence-corrected chi connectivity index (χ4v) is 5.73. The molecule has 8 heteroatoms. The number of rotatable bonds is 10. The largest absolute Gasteiger partial charge is 0.545 e. The number of aromatic carboxylic acids is 1. The van der Waals surface area contributed by atoms with E-state index in [4.69, 9.17) is 9.15 Å². The van der Waals surface area contributed by atoms with Gasteiger partial charge in [-0.1, -0.05) is 72.8 Å². The van der Waals surface area contributed by atoms with Crippen molar-refractivity contribution in [2.24, 2.45) is 0 Å². The topological polar surface area (TPSA) is 97.6 Å². The zero-order valence-electron chi connectivity index (χ0n) is 26.5. The summed E-state index contributed by atoms with van der Waals surface area (Å²) < 4.78 is 16.0. The Labute approximate surface area is 278 Å². The number of alkyl carbamates (subject to hydrolysis) is 1. The number of nitrogens with one attached hydrogen (secondary N) is 1. The van der Waals surface area contributed by atoms with Gasteiger partial charge in [0.25, 0.3) is 0 Å². The van der Waals surface area contributed by atoms with Gasteiger partial charge in [0.15, 0.2) is 32.1 Å². The van der Waals surface area contributed by atoms with Crippen LogP contribution in [-0.4, -0.2) is 43.1 Å². The summed E-state index contributed by atoms with van der Waals surface area (Å²) in [5.74, 6) is -0.692. The maximum atomic E-state index is 12.3. The molecule has 8 nitrogen and oxygen atoms in total. The molecule has 0 aromatic heterocycles. The predicted octanol–water partition coefficient (Wildman–Crippen LogP) is 5.80. The van der Waals surface area contributed by atoms with Crippen molar-refractivity contribution in [2.75, 3.05) is 20.2 Å². The molecule has 6 rings (SSSR count). The average molecular weight is 637 g/mol. The molecule has 0 unspecified atom stereocenters. The second kappa shape index (κ2) is 14.4. The highest BCUT2D eigenvalue weighted by Crippen LogP contribution is 2.41. The van der Waals surface area contributed by atoms with Crippen molar-refractivity contribution >= 4 is 34.9 Å². The number of fused-ring (bicyclic) bond motifs is 2. The maximum Gasteiger partial charge on any atom is 0.407 e. The Hall–Kier alpha value is -6.28. The molecule has 1 aliphatic carbocycles. The third-order valence-corrected chi connectivity index (χ3v) is 8.06. The Morgan fingerprint density at radius 3 is 2.33 bits per heavy atom. The number of carbonyl (C=O) groups excluding carboxylic acids is 2. The van der Waals surface area contributed by atoms with Crippen LogP contribution < -0.4 is 20.4 Å². The van der Waals surface area contributed by atoms with Gasteiger partial charge in [-0.05, 0) is 36.4 Å². The number of carbonyl (C=O) groups is 2. The van der Waals surface area contributed by atoms with Gasteiger partial charge >= 0.3 is 6.09 Å². The molecule has 4 aromatic rings. The number of ether oxygens (including phenoxy) is 1. The van der Waals surface area contributed by atoms with E-state index in [0.717, 1.165) is 38.7 Å². The van der Waals surface area contributed by atoms with Crippen LogP contribution in [0.1, 0.15) is 21.5 Å². The van der Waals surface area contributed by atoms with Gasteiger partial charge in [-0.2, -0.15) is 9.15 Å². The number of hydrogen-bond acceptors (Lipinski definition) is 5. The van der Waals surface area contributed by atoms with E-state index < -0.39 is 12.1 Å².